The van der Waals surface area contributed by atoms with Crippen LogP contribution < -0.4 is 4.74 Å². The van der Waals surface area contributed by atoms with E-state index in [1.54, 1.807) is 0 Å². The zero-order valence-corrected chi connectivity index (χ0v) is 16.3. The molecular weight excluding hydrogens is 326 g/mol. The van der Waals surface area contributed by atoms with Crippen molar-refractivity contribution >= 4 is 11.5 Å². The lowest BCUT2D eigenvalue weighted by molar-refractivity contribution is -0.151. The van der Waals surface area contributed by atoms with Gasteiger partial charge in [-0.05, 0) is 55.0 Å². The number of nitrogens with zero attached hydrogens (tertiary/aromatic N) is 1. The fourth-order valence-electron chi connectivity index (χ4n) is 3.92. The highest BCUT2D eigenvalue weighted by atomic mass is 16.5. The Hall–Kier alpha value is -1.81. The summed E-state index contributed by atoms with van der Waals surface area (Å²) in [5.41, 5.74) is 5.65. The van der Waals surface area contributed by atoms with Crippen LogP contribution in [0.2, 0.25) is 0 Å². The van der Waals surface area contributed by atoms with Crippen molar-refractivity contribution in [2.75, 3.05) is 33.4 Å². The summed E-state index contributed by atoms with van der Waals surface area (Å²) in [6, 6.07) is 6.54. The van der Waals surface area contributed by atoms with E-state index < -0.39 is 0 Å². The molecule has 0 unspecified atom stereocenters. The van der Waals surface area contributed by atoms with Crippen molar-refractivity contribution in [3.05, 3.63) is 34.9 Å². The normalized spacial score (nSPS) is 17.7. The first-order valence-electron chi connectivity index (χ1n) is 9.87. The Balaban J connectivity index is 1.59. The number of methoxy groups -OCH3 is 1. The van der Waals surface area contributed by atoms with Gasteiger partial charge >= 0.3 is 5.97 Å². The van der Waals surface area contributed by atoms with Crippen LogP contribution in [0.4, 0.5) is 0 Å². The van der Waals surface area contributed by atoms with Crippen LogP contribution in [0, 0.1) is 5.92 Å². The smallest absolute Gasteiger partial charge is 0.311 e. The molecule has 2 aliphatic rings. The van der Waals surface area contributed by atoms with E-state index >= 15 is 0 Å². The van der Waals surface area contributed by atoms with Crippen LogP contribution in [0.5, 0.6) is 5.75 Å². The third-order valence-electron chi connectivity index (χ3n) is 5.63. The summed E-state index contributed by atoms with van der Waals surface area (Å²) in [6.07, 6.45) is 5.74. The van der Waals surface area contributed by atoms with Gasteiger partial charge in [-0.3, -0.25) is 9.69 Å². The second-order valence-corrected chi connectivity index (χ2v) is 7.52. The number of hydrogen-bond donors (Lipinski definition) is 0. The third kappa shape index (κ3) is 4.29. The minimum atomic E-state index is -0.0765. The van der Waals surface area contributed by atoms with Gasteiger partial charge in [0.25, 0.3) is 0 Å². The molecule has 1 heterocycles. The summed E-state index contributed by atoms with van der Waals surface area (Å²) < 4.78 is 10.7. The predicted molar refractivity (Wildman–Crippen MR) is 104 cm³/mol. The molecule has 0 atom stereocenters. The van der Waals surface area contributed by atoms with Crippen LogP contribution in [0.25, 0.3) is 5.57 Å². The van der Waals surface area contributed by atoms with E-state index in [2.05, 4.69) is 36.9 Å². The van der Waals surface area contributed by atoms with Crippen molar-refractivity contribution in [1.82, 2.24) is 4.90 Å². The summed E-state index contributed by atoms with van der Waals surface area (Å²) in [4.78, 5) is 13.9. The SMILES string of the molecule is CCCCCOc1ccc2c(c1)CCC(CN1CC(C(=O)OC)C1)=C2C. The van der Waals surface area contributed by atoms with Gasteiger partial charge in [-0.2, -0.15) is 0 Å². The van der Waals surface area contributed by atoms with Gasteiger partial charge in [-0.15, -0.1) is 0 Å². The maximum absolute atomic E-state index is 11.5. The summed E-state index contributed by atoms with van der Waals surface area (Å²) in [7, 11) is 1.47. The van der Waals surface area contributed by atoms with Gasteiger partial charge in [-0.25, -0.2) is 0 Å². The van der Waals surface area contributed by atoms with Crippen molar-refractivity contribution in [2.24, 2.45) is 5.92 Å². The summed E-state index contributed by atoms with van der Waals surface area (Å²) in [6.45, 7) is 7.85. The molecule has 0 bridgehead atoms. The maximum Gasteiger partial charge on any atom is 0.311 e. The molecule has 1 aliphatic heterocycles. The van der Waals surface area contributed by atoms with E-state index in [1.807, 2.05) is 0 Å². The number of allylic oxidation sites excluding steroid dienone is 1. The molecule has 26 heavy (non-hydrogen) atoms. The number of hydrogen-bond acceptors (Lipinski definition) is 4. The largest absolute Gasteiger partial charge is 0.494 e. The molecule has 0 saturated carbocycles. The highest BCUT2D eigenvalue weighted by Crippen LogP contribution is 2.34. The Kier molecular flexibility index (Phi) is 6.36. The Morgan fingerprint density at radius 3 is 2.77 bits per heavy atom. The molecule has 142 valence electrons. The number of benzene rings is 1. The number of unbranched alkanes of at least 4 members (excludes halogenated alkanes) is 2. The van der Waals surface area contributed by atoms with E-state index in [-0.39, 0.29) is 11.9 Å². The number of aryl methyl sites for hydroxylation is 1. The molecule has 0 amide bonds. The second kappa shape index (κ2) is 8.72. The number of carbonyl (C=O) groups excluding carboxylic acids is 1. The Morgan fingerprint density at radius 2 is 2.04 bits per heavy atom. The lowest BCUT2D eigenvalue weighted by atomic mass is 9.85. The Morgan fingerprint density at radius 1 is 1.23 bits per heavy atom. The minimum absolute atomic E-state index is 0.0594. The maximum atomic E-state index is 11.5. The quantitative estimate of drug-likeness (QED) is 0.519. The van der Waals surface area contributed by atoms with Gasteiger partial charge in [-0.1, -0.05) is 31.4 Å². The van der Waals surface area contributed by atoms with Crippen LogP contribution >= 0.6 is 0 Å². The topological polar surface area (TPSA) is 38.8 Å². The number of fused-ring (bicyclic) bond motifs is 1. The minimum Gasteiger partial charge on any atom is -0.494 e. The average Bonchev–Trinajstić information content (AvgIpc) is 2.62. The van der Waals surface area contributed by atoms with Gasteiger partial charge in [0.05, 0.1) is 19.6 Å². The molecule has 1 fully saturated rings. The molecular formula is C22H31NO3. The van der Waals surface area contributed by atoms with Gasteiger partial charge in [0.1, 0.15) is 5.75 Å². The van der Waals surface area contributed by atoms with E-state index in [1.165, 1.54) is 42.2 Å². The highest BCUT2D eigenvalue weighted by Gasteiger charge is 2.34. The predicted octanol–water partition coefficient (Wildman–Crippen LogP) is 4.08. The third-order valence-corrected chi connectivity index (χ3v) is 5.63. The van der Waals surface area contributed by atoms with E-state index in [9.17, 15) is 4.79 Å². The first kappa shape index (κ1) is 19.0. The van der Waals surface area contributed by atoms with Crippen molar-refractivity contribution < 1.29 is 14.3 Å². The van der Waals surface area contributed by atoms with Crippen molar-refractivity contribution in [1.29, 1.82) is 0 Å². The van der Waals surface area contributed by atoms with Gasteiger partial charge in [0.2, 0.25) is 0 Å². The molecule has 4 heteroatoms. The molecule has 0 aromatic heterocycles. The van der Waals surface area contributed by atoms with Crippen LogP contribution in [0.1, 0.15) is 50.7 Å². The van der Waals surface area contributed by atoms with Gasteiger partial charge in [0, 0.05) is 19.6 Å². The fourth-order valence-corrected chi connectivity index (χ4v) is 3.92. The first-order valence-corrected chi connectivity index (χ1v) is 9.87. The van der Waals surface area contributed by atoms with Crippen molar-refractivity contribution in [3.8, 4) is 5.75 Å². The van der Waals surface area contributed by atoms with E-state index in [4.69, 9.17) is 9.47 Å². The van der Waals surface area contributed by atoms with Crippen LogP contribution in [-0.2, 0) is 16.0 Å². The van der Waals surface area contributed by atoms with Gasteiger partial charge in [0.15, 0.2) is 0 Å². The number of esters is 1. The molecule has 1 saturated heterocycles. The van der Waals surface area contributed by atoms with Crippen LogP contribution in [-0.4, -0.2) is 44.2 Å². The number of likely N-dealkylation sites (tertiary alicyclic amines) is 1. The molecule has 1 aromatic carbocycles. The lowest BCUT2D eigenvalue weighted by Crippen LogP contribution is -2.51. The standard InChI is InChI=1S/C22H31NO3/c1-4-5-6-11-26-20-9-10-21-16(2)18(8-7-17(21)12-20)13-23-14-19(15-23)22(24)25-3/h9-10,12,19H,4-8,11,13-15H2,1-3H3. The number of ether oxygens (including phenoxy) is 2. The van der Waals surface area contributed by atoms with E-state index in [0.29, 0.717) is 0 Å². The van der Waals surface area contributed by atoms with Crippen LogP contribution in [0.15, 0.2) is 23.8 Å². The average molecular weight is 357 g/mol. The molecule has 1 aromatic rings. The molecule has 0 N–H and O–H groups in total. The Bertz CT molecular complexity index is 674. The summed E-state index contributed by atoms with van der Waals surface area (Å²) in [5, 5.41) is 0. The summed E-state index contributed by atoms with van der Waals surface area (Å²) in [5.74, 6) is 0.983. The van der Waals surface area contributed by atoms with Gasteiger partial charge < -0.3 is 9.47 Å². The Labute approximate surface area is 157 Å². The fraction of sp³-hybridized carbons (Fsp3) is 0.591. The molecule has 0 spiro atoms. The van der Waals surface area contributed by atoms with E-state index in [0.717, 1.165) is 51.3 Å². The molecule has 3 rings (SSSR count). The number of rotatable bonds is 8. The molecule has 0 radical (unpaired) electrons. The monoisotopic (exact) mass is 357 g/mol. The number of carbonyl (C=O) groups is 1. The zero-order valence-electron chi connectivity index (χ0n) is 16.3. The van der Waals surface area contributed by atoms with Crippen molar-refractivity contribution in [2.45, 2.75) is 46.0 Å². The lowest BCUT2D eigenvalue weighted by Gasteiger charge is -2.39. The molecule has 4 nitrogen and oxygen atoms in total. The summed E-state index contributed by atoms with van der Waals surface area (Å²) >= 11 is 0. The zero-order chi connectivity index (χ0) is 18.5. The van der Waals surface area contributed by atoms with Crippen molar-refractivity contribution in [3.63, 3.8) is 0 Å². The second-order valence-electron chi connectivity index (χ2n) is 7.52. The first-order chi connectivity index (χ1) is 12.6. The van der Waals surface area contributed by atoms with Crippen LogP contribution in [0.3, 0.4) is 0 Å². The highest BCUT2D eigenvalue weighted by molar-refractivity contribution is 5.74. The molecule has 1 aliphatic carbocycles.